The molecule has 0 saturated heterocycles. The van der Waals surface area contributed by atoms with Gasteiger partial charge in [-0.25, -0.2) is 0 Å². The molecule has 1 nitrogen and oxygen atoms in total. The minimum atomic E-state index is -0.708. The molecule has 1 aliphatic rings. The minimum Gasteiger partial charge on any atom is -0.256 e. The zero-order valence-electron chi connectivity index (χ0n) is 28.8. The second-order valence-corrected chi connectivity index (χ2v) is 13.9. The van der Waals surface area contributed by atoms with Gasteiger partial charge in [0.15, 0.2) is 0 Å². The fourth-order valence-corrected chi connectivity index (χ4v) is 8.99. The van der Waals surface area contributed by atoms with Crippen LogP contribution in [-0.4, -0.2) is 4.98 Å². The van der Waals surface area contributed by atoms with Crippen molar-refractivity contribution >= 4 is 59.6 Å². The van der Waals surface area contributed by atoms with Gasteiger partial charge in [-0.1, -0.05) is 176 Å². The first-order valence-corrected chi connectivity index (χ1v) is 18.0. The Morgan fingerprint density at radius 2 is 1.00 bits per heavy atom. The summed E-state index contributed by atoms with van der Waals surface area (Å²) in [7, 11) is 0. The number of aromatic nitrogens is 1. The molecule has 0 spiro atoms. The van der Waals surface area contributed by atoms with Gasteiger partial charge in [0.05, 0.1) is 10.9 Å². The molecule has 1 aromatic heterocycles. The summed E-state index contributed by atoms with van der Waals surface area (Å²) >= 11 is 0. The van der Waals surface area contributed by atoms with E-state index in [1.54, 1.807) is 0 Å². The number of allylic oxidation sites excluding steroid dienone is 5. The maximum atomic E-state index is 5.05. The van der Waals surface area contributed by atoms with Gasteiger partial charge >= 0.3 is 0 Å². The van der Waals surface area contributed by atoms with E-state index in [2.05, 4.69) is 182 Å². The van der Waals surface area contributed by atoms with E-state index < -0.39 is 5.41 Å². The second-order valence-electron chi connectivity index (χ2n) is 13.9. The van der Waals surface area contributed by atoms with Gasteiger partial charge in [0.2, 0.25) is 0 Å². The third kappa shape index (κ3) is 4.46. The summed E-state index contributed by atoms with van der Waals surface area (Å²) < 4.78 is 0. The normalized spacial score (nSPS) is 15.9. The van der Waals surface area contributed by atoms with Crippen LogP contribution in [0, 0.1) is 0 Å². The van der Waals surface area contributed by atoms with Crippen molar-refractivity contribution in [1.29, 1.82) is 0 Å². The van der Waals surface area contributed by atoms with Gasteiger partial charge in [-0.15, -0.1) is 0 Å². The Morgan fingerprint density at radius 1 is 0.481 bits per heavy atom. The molecular formula is C51H35N. The Morgan fingerprint density at radius 3 is 1.63 bits per heavy atom. The molecule has 244 valence electrons. The van der Waals surface area contributed by atoms with E-state index in [1.807, 2.05) is 6.20 Å². The number of benzene rings is 8. The number of rotatable bonds is 3. The highest BCUT2D eigenvalue weighted by Gasteiger charge is 2.42. The lowest BCUT2D eigenvalue weighted by Gasteiger charge is -2.39. The van der Waals surface area contributed by atoms with Crippen LogP contribution in [0.5, 0.6) is 0 Å². The van der Waals surface area contributed by atoms with Gasteiger partial charge in [-0.05, 0) is 95.2 Å². The van der Waals surface area contributed by atoms with Crippen molar-refractivity contribution < 1.29 is 0 Å². The highest BCUT2D eigenvalue weighted by Crippen LogP contribution is 2.52. The van der Waals surface area contributed by atoms with Crippen LogP contribution < -0.4 is 0 Å². The summed E-state index contributed by atoms with van der Waals surface area (Å²) in [6.45, 7) is 5.05. The molecule has 0 radical (unpaired) electrons. The fraction of sp³-hybridized carbons (Fsp3) is 0.0392. The summed E-state index contributed by atoms with van der Waals surface area (Å²) in [6.07, 6.45) is 9.68. The van der Waals surface area contributed by atoms with Gasteiger partial charge in [-0.2, -0.15) is 0 Å². The van der Waals surface area contributed by atoms with Crippen LogP contribution in [0.4, 0.5) is 0 Å². The van der Waals surface area contributed by atoms with Crippen LogP contribution in [0.2, 0.25) is 0 Å². The molecule has 0 saturated carbocycles. The Hall–Kier alpha value is -6.57. The molecule has 0 amide bonds. The average molecular weight is 662 g/mol. The van der Waals surface area contributed by atoms with Crippen LogP contribution in [0.3, 0.4) is 0 Å². The Balaban J connectivity index is 1.32. The van der Waals surface area contributed by atoms with Crippen molar-refractivity contribution in [2.45, 2.75) is 11.8 Å². The molecule has 0 unspecified atom stereocenters. The maximum Gasteiger partial charge on any atom is 0.0783 e. The summed E-state index contributed by atoms with van der Waals surface area (Å²) in [4.78, 5) is 5.05. The van der Waals surface area contributed by atoms with Gasteiger partial charge in [0, 0.05) is 17.0 Å². The molecule has 10 rings (SSSR count). The van der Waals surface area contributed by atoms with E-state index in [0.29, 0.717) is 0 Å². The lowest BCUT2D eigenvalue weighted by atomic mass is 9.62. The molecule has 52 heavy (non-hydrogen) atoms. The van der Waals surface area contributed by atoms with Crippen molar-refractivity contribution in [3.05, 3.63) is 228 Å². The largest absolute Gasteiger partial charge is 0.256 e. The summed E-state index contributed by atoms with van der Waals surface area (Å²) in [5.41, 5.74) is 8.53. The Labute approximate surface area is 303 Å². The molecule has 0 N–H and O–H groups in total. The molecule has 0 aliphatic heterocycles. The van der Waals surface area contributed by atoms with Crippen molar-refractivity contribution in [1.82, 2.24) is 4.98 Å². The monoisotopic (exact) mass is 661 g/mol. The standard InChI is InChI=1S/C51H35N/c1-34-32-35(36-29-30-44-41-23-9-8-21-39(41)40-22-10-11-24-42(40)48(44)33-36)16-14-27-45-43-25-12-13-26-46(43)50-47(28-15-31-52-50)49(45)51(34,37-17-4-2-5-18-37)38-19-6-3-7-20-38/h2-26,28-33H,1,27H2/b16-14-,35-32+. The molecule has 1 heteroatoms. The van der Waals surface area contributed by atoms with Gasteiger partial charge in [-0.3, -0.25) is 4.98 Å². The Bertz CT molecular complexity index is 2860. The first-order valence-electron chi connectivity index (χ1n) is 18.0. The van der Waals surface area contributed by atoms with Crippen LogP contribution in [0.1, 0.15) is 27.8 Å². The van der Waals surface area contributed by atoms with E-state index in [4.69, 9.17) is 11.6 Å². The fourth-order valence-electron chi connectivity index (χ4n) is 8.99. The average Bonchev–Trinajstić information content (AvgIpc) is 3.28. The van der Waals surface area contributed by atoms with Crippen LogP contribution in [0.25, 0.3) is 59.6 Å². The second kappa shape index (κ2) is 12.0. The molecule has 0 bridgehead atoms. The highest BCUT2D eigenvalue weighted by atomic mass is 14.7. The van der Waals surface area contributed by atoms with E-state index >= 15 is 0 Å². The summed E-state index contributed by atoms with van der Waals surface area (Å²) in [6, 6.07) is 59.6. The lowest BCUT2D eigenvalue weighted by molar-refractivity contribution is 0.747. The lowest BCUT2D eigenvalue weighted by Crippen LogP contribution is -2.32. The van der Waals surface area contributed by atoms with Crippen molar-refractivity contribution in [3.8, 4) is 0 Å². The number of hydrogen-bond donors (Lipinski definition) is 0. The first-order chi connectivity index (χ1) is 25.7. The third-order valence-corrected chi connectivity index (χ3v) is 11.2. The molecular weight excluding hydrogens is 627 g/mol. The van der Waals surface area contributed by atoms with Gasteiger partial charge in [0.1, 0.15) is 0 Å². The first kappa shape index (κ1) is 30.3. The van der Waals surface area contributed by atoms with Crippen molar-refractivity contribution in [2.24, 2.45) is 0 Å². The molecule has 1 aliphatic carbocycles. The van der Waals surface area contributed by atoms with Crippen LogP contribution >= 0.6 is 0 Å². The zero-order chi connectivity index (χ0) is 34.6. The van der Waals surface area contributed by atoms with Crippen LogP contribution in [-0.2, 0) is 11.8 Å². The topological polar surface area (TPSA) is 12.9 Å². The predicted molar refractivity (Wildman–Crippen MR) is 221 cm³/mol. The number of hydrogen-bond acceptors (Lipinski definition) is 1. The third-order valence-electron chi connectivity index (χ3n) is 11.2. The number of fused-ring (bicyclic) bond motifs is 12. The smallest absolute Gasteiger partial charge is 0.0783 e. The van der Waals surface area contributed by atoms with E-state index in [-0.39, 0.29) is 0 Å². The maximum absolute atomic E-state index is 5.05. The highest BCUT2D eigenvalue weighted by molar-refractivity contribution is 6.25. The molecule has 0 fully saturated rings. The SMILES string of the molecule is C=C1/C=C(c2ccc3c4ccccc4c4ccccc4c3c2)\C=C/Cc2c(c3cccnc3c3ccccc23)C1(c1ccccc1)c1ccccc1. The molecule has 1 heterocycles. The van der Waals surface area contributed by atoms with E-state index in [0.717, 1.165) is 28.5 Å². The molecule has 0 atom stereocenters. The molecule has 9 aromatic rings. The Kier molecular flexibility index (Phi) is 7.01. The quantitative estimate of drug-likeness (QED) is 0.172. The van der Waals surface area contributed by atoms with Gasteiger partial charge < -0.3 is 0 Å². The molecule has 8 aromatic carbocycles. The number of nitrogens with zero attached hydrogens (tertiary/aromatic N) is 1. The minimum absolute atomic E-state index is 0.708. The van der Waals surface area contributed by atoms with Crippen molar-refractivity contribution in [3.63, 3.8) is 0 Å². The van der Waals surface area contributed by atoms with Crippen molar-refractivity contribution in [2.75, 3.05) is 0 Å². The zero-order valence-corrected chi connectivity index (χ0v) is 28.8. The number of pyridine rings is 1. The van der Waals surface area contributed by atoms with Gasteiger partial charge in [0.25, 0.3) is 0 Å². The van der Waals surface area contributed by atoms with E-state index in [9.17, 15) is 0 Å². The van der Waals surface area contributed by atoms with E-state index in [1.165, 1.54) is 70.9 Å². The van der Waals surface area contributed by atoms with Crippen LogP contribution in [0.15, 0.2) is 200 Å². The summed E-state index contributed by atoms with van der Waals surface area (Å²) in [5, 5.41) is 11.2. The summed E-state index contributed by atoms with van der Waals surface area (Å²) in [5.74, 6) is 0. The predicted octanol–water partition coefficient (Wildman–Crippen LogP) is 12.9.